The minimum absolute atomic E-state index is 0.0377. The Morgan fingerprint density at radius 3 is 2.92 bits per heavy atom. The van der Waals surface area contributed by atoms with Gasteiger partial charge in [-0.3, -0.25) is 19.4 Å². The molecule has 5 heterocycles. The molecule has 9 nitrogen and oxygen atoms in total. The number of aryl methyl sites for hydroxylation is 1. The number of ketones is 1. The summed E-state index contributed by atoms with van der Waals surface area (Å²) in [6, 6.07) is 7.77. The summed E-state index contributed by atoms with van der Waals surface area (Å²) >= 11 is 1.42. The third-order valence-electron chi connectivity index (χ3n) is 6.89. The molecule has 1 aliphatic carbocycles. The van der Waals surface area contributed by atoms with E-state index in [0.717, 1.165) is 62.1 Å². The van der Waals surface area contributed by atoms with Crippen LogP contribution < -0.4 is 21.6 Å². The van der Waals surface area contributed by atoms with Crippen LogP contribution in [0.3, 0.4) is 0 Å². The standard InChI is InChI=1S/C28H28N8OS/c1-4-30-13-17-11-18(15-31-14-17)28(29)9-7-21-19(12-28)24(35-36(21)3)27-33-20-8-10-32-26(25(20)34-27)23-6-5-22(38-23)16(2)37/h5-8,10-12,14-15,30H,4,9,13,29H2,1-3H3,(H,33,34). The van der Waals surface area contributed by atoms with Gasteiger partial charge in [0.15, 0.2) is 11.6 Å². The first-order chi connectivity index (χ1) is 18.4. The normalized spacial score (nSPS) is 16.7. The van der Waals surface area contributed by atoms with Gasteiger partial charge in [0, 0.05) is 37.4 Å². The van der Waals surface area contributed by atoms with Gasteiger partial charge < -0.3 is 16.0 Å². The molecule has 10 heteroatoms. The maximum absolute atomic E-state index is 11.8. The van der Waals surface area contributed by atoms with Crippen molar-refractivity contribution in [3.63, 3.8) is 0 Å². The van der Waals surface area contributed by atoms with Gasteiger partial charge in [-0.1, -0.05) is 13.0 Å². The number of pyridine rings is 2. The number of aromatic nitrogens is 6. The molecular formula is C28H28N8OS. The van der Waals surface area contributed by atoms with Crippen LogP contribution in [0.1, 0.15) is 41.1 Å². The first-order valence-electron chi connectivity index (χ1n) is 12.5. The van der Waals surface area contributed by atoms with Crippen molar-refractivity contribution in [2.24, 2.45) is 12.8 Å². The smallest absolute Gasteiger partial charge is 0.169 e. The van der Waals surface area contributed by atoms with Crippen molar-refractivity contribution >= 4 is 40.3 Å². The molecule has 0 amide bonds. The highest BCUT2D eigenvalue weighted by Gasteiger charge is 2.29. The minimum Gasteiger partial charge on any atom is -0.336 e. The zero-order valence-corrected chi connectivity index (χ0v) is 22.3. The van der Waals surface area contributed by atoms with Crippen LogP contribution in [0, 0.1) is 0 Å². The molecule has 1 unspecified atom stereocenters. The zero-order chi connectivity index (χ0) is 26.4. The van der Waals surface area contributed by atoms with Crippen molar-refractivity contribution in [1.29, 1.82) is 0 Å². The fourth-order valence-corrected chi connectivity index (χ4v) is 5.79. The highest BCUT2D eigenvalue weighted by Crippen LogP contribution is 2.32. The van der Waals surface area contributed by atoms with Gasteiger partial charge >= 0.3 is 0 Å². The molecule has 0 fully saturated rings. The molecule has 192 valence electrons. The van der Waals surface area contributed by atoms with Crippen LogP contribution in [0.5, 0.6) is 0 Å². The Hall–Kier alpha value is -3.99. The van der Waals surface area contributed by atoms with Crippen LogP contribution in [0.15, 0.2) is 42.9 Å². The number of fused-ring (bicyclic) bond motifs is 2. The number of carbonyl (C=O) groups is 1. The Labute approximate surface area is 223 Å². The van der Waals surface area contributed by atoms with Gasteiger partial charge in [-0.15, -0.1) is 11.3 Å². The molecule has 0 saturated carbocycles. The number of nitrogens with zero attached hydrogens (tertiary/aromatic N) is 5. The second-order valence-corrected chi connectivity index (χ2v) is 10.7. The van der Waals surface area contributed by atoms with E-state index in [1.165, 1.54) is 11.3 Å². The van der Waals surface area contributed by atoms with Gasteiger partial charge in [0.25, 0.3) is 0 Å². The summed E-state index contributed by atoms with van der Waals surface area (Å²) in [5, 5.41) is 10.1. The lowest BCUT2D eigenvalue weighted by atomic mass is 9.84. The van der Waals surface area contributed by atoms with Crippen LogP contribution in [-0.4, -0.2) is 42.0 Å². The Kier molecular flexibility index (Phi) is 6.02. The van der Waals surface area contributed by atoms with Crippen molar-refractivity contribution in [3.05, 3.63) is 69.4 Å². The number of imidazole rings is 1. The molecular weight excluding hydrogens is 496 g/mol. The number of thiophene rings is 1. The topological polar surface area (TPSA) is 127 Å². The van der Waals surface area contributed by atoms with Gasteiger partial charge in [0.05, 0.1) is 26.2 Å². The molecule has 0 aromatic carbocycles. The number of hydrogen-bond donors (Lipinski definition) is 3. The van der Waals surface area contributed by atoms with E-state index in [1.807, 2.05) is 42.3 Å². The Bertz CT molecular complexity index is 1810. The van der Waals surface area contributed by atoms with Gasteiger partial charge in [0.2, 0.25) is 0 Å². The van der Waals surface area contributed by atoms with Crippen LogP contribution in [0.4, 0.5) is 0 Å². The van der Waals surface area contributed by atoms with E-state index in [1.54, 1.807) is 13.1 Å². The lowest BCUT2D eigenvalue weighted by Gasteiger charge is -2.27. The van der Waals surface area contributed by atoms with E-state index >= 15 is 0 Å². The summed E-state index contributed by atoms with van der Waals surface area (Å²) in [6.45, 7) is 5.28. The fourth-order valence-electron chi connectivity index (χ4n) is 4.89. The molecule has 6 rings (SSSR count). The van der Waals surface area contributed by atoms with E-state index < -0.39 is 5.54 Å². The fraction of sp³-hybridized carbons (Fsp3) is 0.250. The van der Waals surface area contributed by atoms with Crippen LogP contribution in [-0.2, 0) is 19.1 Å². The predicted molar refractivity (Wildman–Crippen MR) is 150 cm³/mol. The Morgan fingerprint density at radius 1 is 1.26 bits per heavy atom. The second-order valence-electron chi connectivity index (χ2n) is 9.59. The monoisotopic (exact) mass is 524 g/mol. The van der Waals surface area contributed by atoms with Crippen molar-refractivity contribution in [1.82, 2.24) is 35.0 Å². The number of carbonyl (C=O) groups excluding carboxylic acids is 1. The molecule has 5 aromatic rings. The SMILES string of the molecule is CCNCc1cncc(C2(N)C=c3c(-c4nc5c(-c6ccc(C(C)=O)s6)nccc5[nH]4)nn(C)c3=CC2)c1. The highest BCUT2D eigenvalue weighted by molar-refractivity contribution is 7.17. The molecule has 4 N–H and O–H groups in total. The number of H-pyrrole nitrogens is 1. The van der Waals surface area contributed by atoms with Crippen LogP contribution in [0.25, 0.3) is 45.3 Å². The van der Waals surface area contributed by atoms with Crippen molar-refractivity contribution in [2.45, 2.75) is 32.4 Å². The summed E-state index contributed by atoms with van der Waals surface area (Å²) in [7, 11) is 1.93. The van der Waals surface area contributed by atoms with Crippen LogP contribution >= 0.6 is 11.3 Å². The van der Waals surface area contributed by atoms with E-state index in [4.69, 9.17) is 15.8 Å². The average molecular weight is 525 g/mol. The number of nitrogens with two attached hydrogens (primary N) is 1. The van der Waals surface area contributed by atoms with Gasteiger partial charge in [0.1, 0.15) is 16.9 Å². The van der Waals surface area contributed by atoms with E-state index in [0.29, 0.717) is 17.1 Å². The van der Waals surface area contributed by atoms with Crippen molar-refractivity contribution in [2.75, 3.05) is 6.54 Å². The lowest BCUT2D eigenvalue weighted by Crippen LogP contribution is -2.43. The molecule has 0 spiro atoms. The summed E-state index contributed by atoms with van der Waals surface area (Å²) in [5.74, 6) is 0.679. The lowest BCUT2D eigenvalue weighted by molar-refractivity contribution is 0.102. The summed E-state index contributed by atoms with van der Waals surface area (Å²) in [5.41, 5.74) is 11.4. The first kappa shape index (κ1) is 24.4. The predicted octanol–water partition coefficient (Wildman–Crippen LogP) is 2.61. The number of rotatable bonds is 7. The molecule has 1 atom stereocenters. The highest BCUT2D eigenvalue weighted by atomic mass is 32.1. The molecule has 1 aliphatic rings. The summed E-state index contributed by atoms with van der Waals surface area (Å²) in [6.07, 6.45) is 10.3. The first-order valence-corrected chi connectivity index (χ1v) is 13.3. The van der Waals surface area contributed by atoms with E-state index in [-0.39, 0.29) is 5.78 Å². The summed E-state index contributed by atoms with van der Waals surface area (Å²) in [4.78, 5) is 30.8. The molecule has 0 aliphatic heterocycles. The second kappa shape index (κ2) is 9.39. The largest absolute Gasteiger partial charge is 0.336 e. The van der Waals surface area contributed by atoms with E-state index in [9.17, 15) is 4.79 Å². The molecule has 0 radical (unpaired) electrons. The average Bonchev–Trinajstić information content (AvgIpc) is 3.64. The number of hydrogen-bond acceptors (Lipinski definition) is 8. The Morgan fingerprint density at radius 2 is 2.13 bits per heavy atom. The molecule has 0 saturated heterocycles. The molecule has 38 heavy (non-hydrogen) atoms. The quantitative estimate of drug-likeness (QED) is 0.279. The number of nitrogens with one attached hydrogen (secondary N) is 2. The Balaban J connectivity index is 1.46. The maximum Gasteiger partial charge on any atom is 0.169 e. The van der Waals surface area contributed by atoms with Crippen molar-refractivity contribution in [3.8, 4) is 22.1 Å². The number of aromatic amines is 1. The zero-order valence-electron chi connectivity index (χ0n) is 21.4. The van der Waals surface area contributed by atoms with Gasteiger partial charge in [-0.05, 0) is 61.4 Å². The van der Waals surface area contributed by atoms with E-state index in [2.05, 4.69) is 45.4 Å². The minimum atomic E-state index is -0.723. The third kappa shape index (κ3) is 4.16. The molecule has 0 bridgehead atoms. The van der Waals surface area contributed by atoms with Gasteiger partial charge in [-0.2, -0.15) is 5.10 Å². The number of Topliss-reactive ketones (excluding diaryl/α,β-unsaturated/α-hetero) is 1. The molecule has 5 aromatic heterocycles. The third-order valence-corrected chi connectivity index (χ3v) is 8.08. The maximum atomic E-state index is 11.8. The summed E-state index contributed by atoms with van der Waals surface area (Å²) < 4.78 is 1.87. The van der Waals surface area contributed by atoms with Crippen LogP contribution in [0.2, 0.25) is 0 Å². The van der Waals surface area contributed by atoms with Gasteiger partial charge in [-0.25, -0.2) is 4.98 Å². The van der Waals surface area contributed by atoms with Crippen molar-refractivity contribution < 1.29 is 4.79 Å².